The van der Waals surface area contributed by atoms with Gasteiger partial charge in [-0.25, -0.2) is 0 Å². The number of aryl methyl sites for hydroxylation is 1. The number of nitrogens with zero attached hydrogens (tertiary/aromatic N) is 1. The first kappa shape index (κ1) is 23.5. The fourth-order valence-corrected chi connectivity index (χ4v) is 5.56. The largest absolute Gasteiger partial charge is 0.493 e. The maximum Gasteiger partial charge on any atom is 0.236 e. The molecule has 0 saturated carbocycles. The summed E-state index contributed by atoms with van der Waals surface area (Å²) >= 11 is 11.9. The topological polar surface area (TPSA) is 62.8 Å². The first-order valence-corrected chi connectivity index (χ1v) is 12.1. The lowest BCUT2D eigenvalue weighted by atomic mass is 9.78. The standard InChI is InChI=1S/C27H26ClN3O3S/c1-15-7-5-9-20(16(15)2)31-26(35)30-23-19-8-6-10-21(33-4)24(19)34-27(31,3)22(23)25(32)29-18-13-11-17(28)12-14-18/h5-14,22-23H,1-4H3,(H,29,32)(H,30,35)/t22-,23+,27-/m0/s1. The lowest BCUT2D eigenvalue weighted by Crippen LogP contribution is -2.72. The fourth-order valence-electron chi connectivity index (χ4n) is 5.03. The molecule has 2 bridgehead atoms. The van der Waals surface area contributed by atoms with Crippen LogP contribution in [0, 0.1) is 19.8 Å². The summed E-state index contributed by atoms with van der Waals surface area (Å²) in [7, 11) is 1.61. The summed E-state index contributed by atoms with van der Waals surface area (Å²) in [6.45, 7) is 6.01. The third kappa shape index (κ3) is 3.79. The van der Waals surface area contributed by atoms with E-state index in [4.69, 9.17) is 33.3 Å². The molecule has 3 aromatic rings. The highest BCUT2D eigenvalue weighted by Gasteiger charge is 2.59. The normalized spacial score (nSPS) is 22.5. The molecule has 8 heteroatoms. The van der Waals surface area contributed by atoms with E-state index in [0.29, 0.717) is 27.3 Å². The first-order chi connectivity index (χ1) is 16.7. The van der Waals surface area contributed by atoms with Crippen molar-refractivity contribution < 1.29 is 14.3 Å². The molecule has 2 heterocycles. The number of halogens is 1. The third-order valence-electron chi connectivity index (χ3n) is 6.92. The number of rotatable bonds is 4. The maximum absolute atomic E-state index is 13.9. The van der Waals surface area contributed by atoms with E-state index in [-0.39, 0.29) is 5.91 Å². The average Bonchev–Trinajstić information content (AvgIpc) is 2.82. The van der Waals surface area contributed by atoms with Crippen molar-refractivity contribution in [1.82, 2.24) is 5.32 Å². The summed E-state index contributed by atoms with van der Waals surface area (Å²) in [5, 5.41) is 7.58. The Morgan fingerprint density at radius 3 is 2.57 bits per heavy atom. The van der Waals surface area contributed by atoms with Crippen LogP contribution in [0.25, 0.3) is 0 Å². The second-order valence-corrected chi connectivity index (χ2v) is 9.81. The Hall–Kier alpha value is -3.29. The number of benzene rings is 3. The number of anilines is 2. The van der Waals surface area contributed by atoms with E-state index >= 15 is 0 Å². The Labute approximate surface area is 215 Å². The lowest BCUT2D eigenvalue weighted by molar-refractivity contribution is -0.130. The Bertz CT molecular complexity index is 1330. The monoisotopic (exact) mass is 507 g/mol. The van der Waals surface area contributed by atoms with Gasteiger partial charge in [-0.1, -0.05) is 35.9 Å². The Morgan fingerprint density at radius 2 is 1.86 bits per heavy atom. The van der Waals surface area contributed by atoms with Gasteiger partial charge in [-0.2, -0.15) is 0 Å². The van der Waals surface area contributed by atoms with Crippen LogP contribution in [0.2, 0.25) is 5.02 Å². The molecule has 2 N–H and O–H groups in total. The van der Waals surface area contributed by atoms with Crippen molar-refractivity contribution in [2.24, 2.45) is 5.92 Å². The zero-order valence-electron chi connectivity index (χ0n) is 19.9. The number of para-hydroxylation sites is 1. The van der Waals surface area contributed by atoms with Gasteiger partial charge in [0.25, 0.3) is 0 Å². The molecule has 0 unspecified atom stereocenters. The quantitative estimate of drug-likeness (QED) is 0.437. The number of fused-ring (bicyclic) bond motifs is 4. The summed E-state index contributed by atoms with van der Waals surface area (Å²) < 4.78 is 12.3. The SMILES string of the molecule is COc1cccc2c1O[C@@]1(C)[C@H](C(=O)Nc3ccc(Cl)cc3)[C@@H]2NC(=S)N1c1cccc(C)c1C. The van der Waals surface area contributed by atoms with E-state index in [9.17, 15) is 4.79 Å². The van der Waals surface area contributed by atoms with Crippen LogP contribution >= 0.6 is 23.8 Å². The highest BCUT2D eigenvalue weighted by Crippen LogP contribution is 2.53. The van der Waals surface area contributed by atoms with Gasteiger partial charge >= 0.3 is 0 Å². The Kier molecular flexibility index (Phi) is 5.85. The molecule has 1 amide bonds. The molecule has 35 heavy (non-hydrogen) atoms. The summed E-state index contributed by atoms with van der Waals surface area (Å²) in [4.78, 5) is 15.8. The van der Waals surface area contributed by atoms with Crippen LogP contribution in [0.1, 0.15) is 29.7 Å². The minimum absolute atomic E-state index is 0.196. The van der Waals surface area contributed by atoms with Crippen molar-refractivity contribution in [3.05, 3.63) is 82.4 Å². The number of nitrogens with one attached hydrogen (secondary N) is 2. The predicted molar refractivity (Wildman–Crippen MR) is 142 cm³/mol. The van der Waals surface area contributed by atoms with E-state index in [1.54, 1.807) is 31.4 Å². The molecule has 0 radical (unpaired) electrons. The Balaban J connectivity index is 1.67. The molecule has 180 valence electrons. The van der Waals surface area contributed by atoms with Gasteiger partial charge in [-0.05, 0) is 80.5 Å². The van der Waals surface area contributed by atoms with Gasteiger partial charge in [0, 0.05) is 16.3 Å². The molecule has 0 spiro atoms. The molecule has 0 aromatic heterocycles. The molecule has 3 atom stereocenters. The van der Waals surface area contributed by atoms with Gasteiger partial charge in [0.05, 0.1) is 18.8 Å². The number of carbonyl (C=O) groups excluding carboxylic acids is 1. The third-order valence-corrected chi connectivity index (χ3v) is 7.47. The van der Waals surface area contributed by atoms with Crippen molar-refractivity contribution in [3.63, 3.8) is 0 Å². The number of ether oxygens (including phenoxy) is 2. The first-order valence-electron chi connectivity index (χ1n) is 11.3. The molecule has 2 aliphatic heterocycles. The van der Waals surface area contributed by atoms with Crippen LogP contribution in [-0.2, 0) is 4.79 Å². The maximum atomic E-state index is 13.9. The lowest BCUT2D eigenvalue weighted by Gasteiger charge is -2.56. The molecule has 5 rings (SSSR count). The van der Waals surface area contributed by atoms with Crippen LogP contribution < -0.4 is 25.0 Å². The number of amides is 1. The number of thiocarbonyl (C=S) groups is 1. The highest BCUT2D eigenvalue weighted by atomic mass is 35.5. The second kappa shape index (κ2) is 8.73. The summed E-state index contributed by atoms with van der Waals surface area (Å²) in [5.74, 6) is 0.358. The van der Waals surface area contributed by atoms with E-state index in [2.05, 4.69) is 23.6 Å². The van der Waals surface area contributed by atoms with Crippen molar-refractivity contribution in [1.29, 1.82) is 0 Å². The van der Waals surface area contributed by atoms with Crippen LogP contribution in [0.4, 0.5) is 11.4 Å². The van der Waals surface area contributed by atoms with Crippen LogP contribution in [0.3, 0.4) is 0 Å². The van der Waals surface area contributed by atoms with E-state index < -0.39 is 17.7 Å². The molecule has 1 saturated heterocycles. The number of methoxy groups -OCH3 is 1. The smallest absolute Gasteiger partial charge is 0.236 e. The minimum atomic E-state index is -1.14. The molecule has 1 fully saturated rings. The van der Waals surface area contributed by atoms with Crippen LogP contribution in [0.15, 0.2) is 60.7 Å². The minimum Gasteiger partial charge on any atom is -0.493 e. The van der Waals surface area contributed by atoms with Crippen molar-refractivity contribution in [2.75, 3.05) is 17.3 Å². The summed E-state index contributed by atoms with van der Waals surface area (Å²) in [6, 6.07) is 18.3. The second-order valence-electron chi connectivity index (χ2n) is 8.99. The van der Waals surface area contributed by atoms with E-state index in [0.717, 1.165) is 22.4 Å². The van der Waals surface area contributed by atoms with E-state index in [1.165, 1.54) is 0 Å². The molecular weight excluding hydrogens is 482 g/mol. The summed E-state index contributed by atoms with van der Waals surface area (Å²) in [6.07, 6.45) is 0. The summed E-state index contributed by atoms with van der Waals surface area (Å²) in [5.41, 5.74) is 3.39. The predicted octanol–water partition coefficient (Wildman–Crippen LogP) is 5.76. The van der Waals surface area contributed by atoms with Crippen LogP contribution in [0.5, 0.6) is 11.5 Å². The molecule has 3 aromatic carbocycles. The zero-order chi connectivity index (χ0) is 24.9. The Morgan fingerprint density at radius 1 is 1.14 bits per heavy atom. The number of hydrogen-bond donors (Lipinski definition) is 2. The van der Waals surface area contributed by atoms with Crippen molar-refractivity contribution in [2.45, 2.75) is 32.5 Å². The van der Waals surface area contributed by atoms with Crippen LogP contribution in [-0.4, -0.2) is 23.9 Å². The average molecular weight is 508 g/mol. The van der Waals surface area contributed by atoms with Crippen molar-refractivity contribution in [3.8, 4) is 11.5 Å². The number of hydrogen-bond acceptors (Lipinski definition) is 4. The van der Waals surface area contributed by atoms with Crippen molar-refractivity contribution >= 4 is 46.2 Å². The molecule has 6 nitrogen and oxygen atoms in total. The molecule has 2 aliphatic rings. The highest BCUT2D eigenvalue weighted by molar-refractivity contribution is 7.80. The zero-order valence-corrected chi connectivity index (χ0v) is 21.5. The van der Waals surface area contributed by atoms with Gasteiger partial charge in [0.2, 0.25) is 5.91 Å². The van der Waals surface area contributed by atoms with Gasteiger partial charge in [0.15, 0.2) is 22.3 Å². The fraction of sp³-hybridized carbons (Fsp3) is 0.259. The molecular formula is C27H26ClN3O3S. The van der Waals surface area contributed by atoms with Gasteiger partial charge in [-0.15, -0.1) is 0 Å². The van der Waals surface area contributed by atoms with Gasteiger partial charge in [-0.3, -0.25) is 9.69 Å². The van der Waals surface area contributed by atoms with Gasteiger partial charge < -0.3 is 20.1 Å². The number of carbonyl (C=O) groups is 1. The molecule has 0 aliphatic carbocycles. The van der Waals surface area contributed by atoms with E-state index in [1.807, 2.05) is 49.1 Å². The van der Waals surface area contributed by atoms with Gasteiger partial charge in [0.1, 0.15) is 5.92 Å².